The van der Waals surface area contributed by atoms with E-state index >= 15 is 0 Å². The number of ketones is 1. The average Bonchev–Trinajstić information content (AvgIpc) is 2.02. The first kappa shape index (κ1) is 12.6. The van der Waals surface area contributed by atoms with Crippen molar-refractivity contribution in [3.8, 4) is 0 Å². The lowest BCUT2D eigenvalue weighted by atomic mass is 10.5. The van der Waals surface area contributed by atoms with Crippen molar-refractivity contribution in [1.82, 2.24) is 0 Å². The number of carbonyl (C=O) groups is 3. The van der Waals surface area contributed by atoms with Crippen molar-refractivity contribution >= 4 is 17.7 Å². The molecule has 0 unspecified atom stereocenters. The lowest BCUT2D eigenvalue weighted by Crippen LogP contribution is -2.17. The maximum Gasteiger partial charge on any atom is 0.334 e. The molecule has 0 saturated carbocycles. The summed E-state index contributed by atoms with van der Waals surface area (Å²) in [6.07, 6.45) is 0. The highest BCUT2D eigenvalue weighted by atomic mass is 16.7. The fourth-order valence-electron chi connectivity index (χ4n) is 0.498. The van der Waals surface area contributed by atoms with Gasteiger partial charge < -0.3 is 14.2 Å². The molecule has 0 aromatic carbocycles. The van der Waals surface area contributed by atoms with Crippen LogP contribution in [0.4, 0.5) is 0 Å². The number of hydrogen-bond donors (Lipinski definition) is 0. The summed E-state index contributed by atoms with van der Waals surface area (Å²) < 4.78 is 13.4. The molecule has 0 atom stereocenters. The molecule has 0 aliphatic carbocycles. The molecule has 0 N–H and O–H groups in total. The molecule has 0 aromatic rings. The van der Waals surface area contributed by atoms with Crippen LogP contribution in [0.15, 0.2) is 0 Å². The lowest BCUT2D eigenvalue weighted by Gasteiger charge is -2.04. The minimum absolute atomic E-state index is 0.136. The van der Waals surface area contributed by atoms with Crippen molar-refractivity contribution in [2.24, 2.45) is 0 Å². The maximum absolute atomic E-state index is 10.8. The van der Waals surface area contributed by atoms with Gasteiger partial charge in [-0.2, -0.15) is 0 Å². The van der Waals surface area contributed by atoms with Crippen LogP contribution in [0, 0.1) is 0 Å². The van der Waals surface area contributed by atoms with Gasteiger partial charge in [0, 0.05) is 6.92 Å². The number of hydrogen-bond acceptors (Lipinski definition) is 6. The molecule has 0 amide bonds. The Balaban J connectivity index is 3.37. The topological polar surface area (TPSA) is 78.9 Å². The predicted octanol–water partition coefficient (Wildman–Crippen LogP) is -0.344. The van der Waals surface area contributed by atoms with Gasteiger partial charge in [-0.25, -0.2) is 4.79 Å². The summed E-state index contributed by atoms with van der Waals surface area (Å²) in [5.74, 6) is -1.41. The minimum Gasteiger partial charge on any atom is -0.428 e. The predicted molar refractivity (Wildman–Crippen MR) is 44.2 cm³/mol. The van der Waals surface area contributed by atoms with Crippen LogP contribution in [-0.2, 0) is 28.6 Å². The average molecular weight is 204 g/mol. The van der Waals surface area contributed by atoms with Crippen molar-refractivity contribution in [3.63, 3.8) is 0 Å². The summed E-state index contributed by atoms with van der Waals surface area (Å²) in [5, 5.41) is 0. The van der Waals surface area contributed by atoms with Crippen LogP contribution in [0.25, 0.3) is 0 Å². The first-order chi connectivity index (χ1) is 6.52. The van der Waals surface area contributed by atoms with Gasteiger partial charge in [0.2, 0.25) is 6.79 Å². The second-order valence-electron chi connectivity index (χ2n) is 2.46. The SMILES string of the molecule is CC(=O)COCC(=O)OCOC(C)=O. The molecular weight excluding hydrogens is 192 g/mol. The van der Waals surface area contributed by atoms with Crippen molar-refractivity contribution < 1.29 is 28.6 Å². The van der Waals surface area contributed by atoms with Gasteiger partial charge in [-0.15, -0.1) is 0 Å². The van der Waals surface area contributed by atoms with E-state index in [0.29, 0.717) is 0 Å². The molecule has 6 heteroatoms. The Kier molecular flexibility index (Phi) is 6.30. The Morgan fingerprint density at radius 2 is 1.64 bits per heavy atom. The van der Waals surface area contributed by atoms with Crippen molar-refractivity contribution in [1.29, 1.82) is 0 Å². The van der Waals surface area contributed by atoms with Gasteiger partial charge in [0.15, 0.2) is 5.78 Å². The van der Waals surface area contributed by atoms with Gasteiger partial charge in [0.1, 0.15) is 13.2 Å². The smallest absolute Gasteiger partial charge is 0.334 e. The number of rotatable bonds is 6. The summed E-state index contributed by atoms with van der Waals surface area (Å²) in [6.45, 7) is 1.63. The molecule has 14 heavy (non-hydrogen) atoms. The van der Waals surface area contributed by atoms with Gasteiger partial charge >= 0.3 is 11.9 Å². The lowest BCUT2D eigenvalue weighted by molar-refractivity contribution is -0.168. The maximum atomic E-state index is 10.8. The van der Waals surface area contributed by atoms with Crippen LogP contribution in [0.1, 0.15) is 13.8 Å². The van der Waals surface area contributed by atoms with Gasteiger partial charge in [0.05, 0.1) is 0 Å². The molecule has 0 aromatic heterocycles. The largest absolute Gasteiger partial charge is 0.428 e. The third kappa shape index (κ3) is 8.66. The molecule has 0 heterocycles. The Bertz CT molecular complexity index is 200. The van der Waals surface area contributed by atoms with Crippen LogP contribution >= 0.6 is 0 Å². The Labute approximate surface area is 81.1 Å². The molecule has 0 radical (unpaired) electrons. The normalized spacial score (nSPS) is 9.29. The number of esters is 2. The van der Waals surface area contributed by atoms with Crippen molar-refractivity contribution in [2.75, 3.05) is 20.0 Å². The third-order valence-electron chi connectivity index (χ3n) is 1.01. The molecule has 6 nitrogen and oxygen atoms in total. The minimum atomic E-state index is -0.687. The van der Waals surface area contributed by atoms with Crippen molar-refractivity contribution in [2.45, 2.75) is 13.8 Å². The molecule has 0 aliphatic heterocycles. The zero-order valence-corrected chi connectivity index (χ0v) is 8.07. The molecule has 0 rings (SSSR count). The summed E-state index contributed by atoms with van der Waals surface area (Å²) in [5.41, 5.74) is 0. The Morgan fingerprint density at radius 1 is 1.00 bits per heavy atom. The van der Waals surface area contributed by atoms with Crippen LogP contribution in [0.5, 0.6) is 0 Å². The number of Topliss-reactive ketones (excluding diaryl/α,β-unsaturated/α-hetero) is 1. The highest BCUT2D eigenvalue weighted by Crippen LogP contribution is 1.84. The van der Waals surface area contributed by atoms with E-state index in [0.717, 1.165) is 0 Å². The first-order valence-electron chi connectivity index (χ1n) is 3.88. The fraction of sp³-hybridized carbons (Fsp3) is 0.625. The molecule has 0 fully saturated rings. The van der Waals surface area contributed by atoms with Crippen molar-refractivity contribution in [3.05, 3.63) is 0 Å². The van der Waals surface area contributed by atoms with E-state index in [-0.39, 0.29) is 19.0 Å². The molecular formula is C8H12O6. The Hall–Kier alpha value is -1.43. The summed E-state index contributed by atoms with van der Waals surface area (Å²) >= 11 is 0. The van der Waals surface area contributed by atoms with E-state index in [1.165, 1.54) is 13.8 Å². The monoisotopic (exact) mass is 204 g/mol. The van der Waals surface area contributed by atoms with E-state index in [2.05, 4.69) is 14.2 Å². The zero-order chi connectivity index (χ0) is 11.0. The van der Waals surface area contributed by atoms with E-state index in [9.17, 15) is 14.4 Å². The molecule has 0 bridgehead atoms. The van der Waals surface area contributed by atoms with Gasteiger partial charge in [0.25, 0.3) is 0 Å². The summed E-state index contributed by atoms with van der Waals surface area (Å²) in [7, 11) is 0. The van der Waals surface area contributed by atoms with Crippen LogP contribution in [0.2, 0.25) is 0 Å². The molecule has 80 valence electrons. The summed E-state index contributed by atoms with van der Waals surface area (Å²) in [4.78, 5) is 31.4. The first-order valence-corrected chi connectivity index (χ1v) is 3.88. The summed E-state index contributed by atoms with van der Waals surface area (Å²) in [6, 6.07) is 0. The Morgan fingerprint density at radius 3 is 2.14 bits per heavy atom. The van der Waals surface area contributed by atoms with E-state index in [4.69, 9.17) is 0 Å². The standard InChI is InChI=1S/C8H12O6/c1-6(9)3-12-4-8(11)14-5-13-7(2)10/h3-5H2,1-2H3. The van der Waals surface area contributed by atoms with Gasteiger partial charge in [-0.05, 0) is 6.92 Å². The highest BCUT2D eigenvalue weighted by Gasteiger charge is 2.04. The second-order valence-corrected chi connectivity index (χ2v) is 2.46. The highest BCUT2D eigenvalue weighted by molar-refractivity contribution is 5.77. The third-order valence-corrected chi connectivity index (χ3v) is 1.01. The van der Waals surface area contributed by atoms with Crippen LogP contribution < -0.4 is 0 Å². The van der Waals surface area contributed by atoms with Crippen LogP contribution in [0.3, 0.4) is 0 Å². The molecule has 0 spiro atoms. The fourth-order valence-corrected chi connectivity index (χ4v) is 0.498. The van der Waals surface area contributed by atoms with Gasteiger partial charge in [-0.1, -0.05) is 0 Å². The molecule has 0 aliphatic rings. The zero-order valence-electron chi connectivity index (χ0n) is 8.07. The number of carbonyl (C=O) groups excluding carboxylic acids is 3. The molecule has 0 saturated heterocycles. The number of ether oxygens (including phenoxy) is 3. The van der Waals surface area contributed by atoms with Crippen LogP contribution in [-0.4, -0.2) is 37.7 Å². The second kappa shape index (κ2) is 7.02. The van der Waals surface area contributed by atoms with E-state index < -0.39 is 18.7 Å². The van der Waals surface area contributed by atoms with Gasteiger partial charge in [-0.3, -0.25) is 9.59 Å². The van der Waals surface area contributed by atoms with E-state index in [1.807, 2.05) is 0 Å². The van der Waals surface area contributed by atoms with E-state index in [1.54, 1.807) is 0 Å². The quantitative estimate of drug-likeness (QED) is 0.435.